The lowest BCUT2D eigenvalue weighted by atomic mass is 10.1. The molecule has 3 atom stereocenters. The molecule has 1 fully saturated rings. The summed E-state index contributed by atoms with van der Waals surface area (Å²) in [6.45, 7) is 5.39. The van der Waals surface area contributed by atoms with Crippen LogP contribution in [0.2, 0.25) is 0 Å². The van der Waals surface area contributed by atoms with Crippen molar-refractivity contribution in [1.82, 2.24) is 4.90 Å². The Morgan fingerprint density at radius 1 is 0.527 bits per heavy atom. The summed E-state index contributed by atoms with van der Waals surface area (Å²) in [5.74, 6) is -0.937. The van der Waals surface area contributed by atoms with Gasteiger partial charge in [0.15, 0.2) is 12.2 Å². The minimum atomic E-state index is -0.789. The number of rotatable bonds is 38. The van der Waals surface area contributed by atoms with Crippen LogP contribution in [0.1, 0.15) is 206 Å². The molecule has 0 aromatic carbocycles. The predicted molar refractivity (Wildman–Crippen MR) is 227 cm³/mol. The summed E-state index contributed by atoms with van der Waals surface area (Å²) < 4.78 is 23.1. The molecule has 0 saturated carbocycles. The number of carbonyl (C=O) groups excluding carboxylic acids is 3. The van der Waals surface area contributed by atoms with Gasteiger partial charge < -0.3 is 23.8 Å². The molecule has 55 heavy (non-hydrogen) atoms. The Hall–Kier alpha value is -2.19. The fraction of sp³-hybridized carbons (Fsp3) is 0.851. The molecule has 0 bridgehead atoms. The SMILES string of the molecule is CCCCCCCC/C=C\CCCCCCCC(=O)O[C@@H]1[C@@H](OC(=O)CCCCCCC/C=C\CCCCCCCC)CO[C@@H]1COC(=O)CCCN(C)C. The van der Waals surface area contributed by atoms with Gasteiger partial charge in [0.1, 0.15) is 12.7 Å². The molecule has 1 heterocycles. The third-order valence-electron chi connectivity index (χ3n) is 10.4. The van der Waals surface area contributed by atoms with Crippen LogP contribution in [0.5, 0.6) is 0 Å². The first-order valence-corrected chi connectivity index (χ1v) is 23.0. The van der Waals surface area contributed by atoms with E-state index in [0.29, 0.717) is 25.7 Å². The molecule has 0 N–H and O–H groups in total. The number of hydrogen-bond acceptors (Lipinski definition) is 8. The van der Waals surface area contributed by atoms with Gasteiger partial charge in [-0.1, -0.05) is 141 Å². The number of nitrogens with zero attached hydrogens (tertiary/aromatic N) is 1. The lowest BCUT2D eigenvalue weighted by molar-refractivity contribution is -0.168. The second-order valence-corrected chi connectivity index (χ2v) is 16.1. The average molecular weight is 776 g/mol. The molecule has 0 unspecified atom stereocenters. The molecular weight excluding hydrogens is 691 g/mol. The smallest absolute Gasteiger partial charge is 0.306 e. The van der Waals surface area contributed by atoms with Crippen molar-refractivity contribution in [1.29, 1.82) is 0 Å². The van der Waals surface area contributed by atoms with Crippen molar-refractivity contribution in [2.45, 2.75) is 225 Å². The Morgan fingerprint density at radius 3 is 1.38 bits per heavy atom. The molecule has 0 aliphatic carbocycles. The van der Waals surface area contributed by atoms with E-state index in [-0.39, 0.29) is 31.1 Å². The molecule has 320 valence electrons. The van der Waals surface area contributed by atoms with Gasteiger partial charge in [0.2, 0.25) is 0 Å². The predicted octanol–water partition coefficient (Wildman–Crippen LogP) is 12.2. The number of esters is 3. The van der Waals surface area contributed by atoms with Crippen LogP contribution in [0, 0.1) is 0 Å². The Bertz CT molecular complexity index is 980. The van der Waals surface area contributed by atoms with Gasteiger partial charge in [-0.2, -0.15) is 0 Å². The molecule has 1 rings (SSSR count). The van der Waals surface area contributed by atoms with Crippen LogP contribution in [0.25, 0.3) is 0 Å². The molecule has 0 aromatic rings. The largest absolute Gasteiger partial charge is 0.463 e. The van der Waals surface area contributed by atoms with Crippen LogP contribution in [-0.4, -0.2) is 75.0 Å². The maximum absolute atomic E-state index is 12.9. The van der Waals surface area contributed by atoms with Crippen molar-refractivity contribution in [3.05, 3.63) is 24.3 Å². The molecule has 8 nitrogen and oxygen atoms in total. The van der Waals surface area contributed by atoms with Crippen molar-refractivity contribution < 1.29 is 33.3 Å². The van der Waals surface area contributed by atoms with Gasteiger partial charge in [-0.3, -0.25) is 14.4 Å². The van der Waals surface area contributed by atoms with Gasteiger partial charge >= 0.3 is 17.9 Å². The van der Waals surface area contributed by atoms with Crippen molar-refractivity contribution in [3.8, 4) is 0 Å². The normalized spacial score (nSPS) is 17.1. The summed E-state index contributed by atoms with van der Waals surface area (Å²) in [4.78, 5) is 40.1. The van der Waals surface area contributed by atoms with E-state index in [2.05, 4.69) is 38.2 Å². The van der Waals surface area contributed by atoms with E-state index in [1.807, 2.05) is 19.0 Å². The lowest BCUT2D eigenvalue weighted by Crippen LogP contribution is -2.40. The first-order chi connectivity index (χ1) is 26.9. The van der Waals surface area contributed by atoms with E-state index in [1.54, 1.807) is 0 Å². The topological polar surface area (TPSA) is 91.4 Å². The summed E-state index contributed by atoms with van der Waals surface area (Å²) in [7, 11) is 3.93. The fourth-order valence-electron chi connectivity index (χ4n) is 6.95. The van der Waals surface area contributed by atoms with Gasteiger partial charge in [-0.05, 0) is 91.3 Å². The Morgan fingerprint density at radius 2 is 0.927 bits per heavy atom. The van der Waals surface area contributed by atoms with E-state index >= 15 is 0 Å². The maximum Gasteiger partial charge on any atom is 0.306 e. The first-order valence-electron chi connectivity index (χ1n) is 23.0. The zero-order chi connectivity index (χ0) is 40.0. The second-order valence-electron chi connectivity index (χ2n) is 16.1. The molecule has 0 aromatic heterocycles. The number of hydrogen-bond donors (Lipinski definition) is 0. The highest BCUT2D eigenvalue weighted by Gasteiger charge is 2.43. The highest BCUT2D eigenvalue weighted by molar-refractivity contribution is 5.71. The lowest BCUT2D eigenvalue weighted by Gasteiger charge is -2.23. The van der Waals surface area contributed by atoms with Crippen molar-refractivity contribution >= 4 is 17.9 Å². The molecule has 0 spiro atoms. The Kier molecular flexibility index (Phi) is 34.6. The van der Waals surface area contributed by atoms with E-state index in [1.165, 1.54) is 103 Å². The standard InChI is InChI=1S/C47H85NO7/c1-5-7-9-11-13-15-17-19-21-23-25-27-29-31-33-36-45(50)54-43-41-52-42(40-53-44(49)38-35-39-48(3)4)47(43)55-46(51)37-34-32-30-28-26-24-22-20-18-16-14-12-10-8-6-2/h19-22,42-43,47H,5-18,23-41H2,1-4H3/b21-19-,22-20-/t42-,43+,47+/m1/s1. The van der Waals surface area contributed by atoms with E-state index in [9.17, 15) is 14.4 Å². The Labute approximate surface area is 338 Å². The van der Waals surface area contributed by atoms with Crippen LogP contribution >= 0.6 is 0 Å². The average Bonchev–Trinajstić information content (AvgIpc) is 3.53. The molecule has 0 amide bonds. The highest BCUT2D eigenvalue weighted by atomic mass is 16.6. The minimum absolute atomic E-state index is 0.0333. The van der Waals surface area contributed by atoms with Gasteiger partial charge in [0.25, 0.3) is 0 Å². The number of carbonyl (C=O) groups is 3. The van der Waals surface area contributed by atoms with Gasteiger partial charge in [0.05, 0.1) is 6.61 Å². The third kappa shape index (κ3) is 31.6. The molecule has 1 aliphatic heterocycles. The van der Waals surface area contributed by atoms with E-state index < -0.39 is 18.3 Å². The van der Waals surface area contributed by atoms with Crippen LogP contribution < -0.4 is 0 Å². The zero-order valence-electron chi connectivity index (χ0n) is 36.2. The summed E-state index contributed by atoms with van der Waals surface area (Å²) >= 11 is 0. The summed E-state index contributed by atoms with van der Waals surface area (Å²) in [6.07, 6.45) is 39.9. The maximum atomic E-state index is 12.9. The van der Waals surface area contributed by atoms with Crippen LogP contribution in [-0.2, 0) is 33.3 Å². The molecular formula is C47H85NO7. The monoisotopic (exact) mass is 776 g/mol. The van der Waals surface area contributed by atoms with Crippen molar-refractivity contribution in [2.75, 3.05) is 33.9 Å². The molecule has 1 aliphatic rings. The zero-order valence-corrected chi connectivity index (χ0v) is 36.2. The fourth-order valence-corrected chi connectivity index (χ4v) is 6.95. The van der Waals surface area contributed by atoms with Gasteiger partial charge in [-0.25, -0.2) is 0 Å². The van der Waals surface area contributed by atoms with Crippen LogP contribution in [0.3, 0.4) is 0 Å². The van der Waals surface area contributed by atoms with Gasteiger partial charge in [-0.15, -0.1) is 0 Å². The molecule has 1 saturated heterocycles. The molecule has 8 heteroatoms. The summed E-state index contributed by atoms with van der Waals surface area (Å²) in [6, 6.07) is 0. The summed E-state index contributed by atoms with van der Waals surface area (Å²) in [5.41, 5.74) is 0. The first kappa shape index (κ1) is 50.8. The third-order valence-corrected chi connectivity index (χ3v) is 10.4. The van der Waals surface area contributed by atoms with E-state index in [0.717, 1.165) is 70.8 Å². The number of unbranched alkanes of at least 4 members (excludes halogenated alkanes) is 22. The quantitative estimate of drug-likeness (QED) is 0.0265. The van der Waals surface area contributed by atoms with Gasteiger partial charge in [0, 0.05) is 19.3 Å². The summed E-state index contributed by atoms with van der Waals surface area (Å²) in [5, 5.41) is 0. The molecule has 0 radical (unpaired) electrons. The minimum Gasteiger partial charge on any atom is -0.463 e. The highest BCUT2D eigenvalue weighted by Crippen LogP contribution is 2.24. The van der Waals surface area contributed by atoms with Crippen molar-refractivity contribution in [3.63, 3.8) is 0 Å². The van der Waals surface area contributed by atoms with E-state index in [4.69, 9.17) is 18.9 Å². The number of ether oxygens (including phenoxy) is 4. The second kappa shape index (κ2) is 37.4. The van der Waals surface area contributed by atoms with Crippen LogP contribution in [0.15, 0.2) is 24.3 Å². The van der Waals surface area contributed by atoms with Crippen LogP contribution in [0.4, 0.5) is 0 Å². The Balaban J connectivity index is 2.35. The number of allylic oxidation sites excluding steroid dienone is 4. The van der Waals surface area contributed by atoms with Crippen molar-refractivity contribution in [2.24, 2.45) is 0 Å².